The Kier molecular flexibility index (Phi) is 5.74. The van der Waals surface area contributed by atoms with E-state index in [4.69, 9.17) is 0 Å². The smallest absolute Gasteiger partial charge is 0.0205 e. The molecular formula is C8H18S2. The Morgan fingerprint density at radius 2 is 1.90 bits per heavy atom. The molecule has 0 N–H and O–H groups in total. The monoisotopic (exact) mass is 178 g/mol. The van der Waals surface area contributed by atoms with Gasteiger partial charge in [0.25, 0.3) is 0 Å². The highest BCUT2D eigenvalue weighted by Gasteiger charge is 2.14. The van der Waals surface area contributed by atoms with Crippen LogP contribution in [-0.2, 0) is 0 Å². The molecule has 0 aliphatic rings. The molecule has 0 amide bonds. The maximum Gasteiger partial charge on any atom is 0.0205 e. The summed E-state index contributed by atoms with van der Waals surface area (Å²) >= 11 is 4.22. The van der Waals surface area contributed by atoms with Crippen LogP contribution in [0.4, 0.5) is 0 Å². The van der Waals surface area contributed by atoms with Crippen molar-refractivity contribution in [2.45, 2.75) is 51.2 Å². The first kappa shape index (κ1) is 10.7. The molecule has 0 heterocycles. The quantitative estimate of drug-likeness (QED) is 0.378. The molecule has 0 aromatic rings. The van der Waals surface area contributed by atoms with E-state index in [0.717, 1.165) is 0 Å². The number of hydrogen-bond donors (Lipinski definition) is 1. The fourth-order valence-electron chi connectivity index (χ4n) is 0.846. The van der Waals surface area contributed by atoms with Gasteiger partial charge in [-0.15, -0.1) is 11.7 Å². The van der Waals surface area contributed by atoms with Crippen molar-refractivity contribution in [3.63, 3.8) is 0 Å². The van der Waals surface area contributed by atoms with E-state index >= 15 is 0 Å². The molecule has 0 rings (SSSR count). The second-order valence-corrected chi connectivity index (χ2v) is 5.14. The molecule has 0 aromatic heterocycles. The Morgan fingerprint density at radius 1 is 1.30 bits per heavy atom. The van der Waals surface area contributed by atoms with Crippen LogP contribution in [-0.4, -0.2) is 4.75 Å². The molecule has 0 radical (unpaired) electrons. The van der Waals surface area contributed by atoms with Crippen LogP contribution >= 0.6 is 22.5 Å². The molecule has 0 bridgehead atoms. The zero-order valence-corrected chi connectivity index (χ0v) is 8.89. The van der Waals surface area contributed by atoms with E-state index < -0.39 is 0 Å². The Hall–Kier alpha value is 0.700. The van der Waals surface area contributed by atoms with Gasteiger partial charge in [0.05, 0.1) is 0 Å². The van der Waals surface area contributed by atoms with Gasteiger partial charge in [0.1, 0.15) is 0 Å². The third-order valence-electron chi connectivity index (χ3n) is 1.63. The van der Waals surface area contributed by atoms with E-state index in [9.17, 15) is 0 Å². The van der Waals surface area contributed by atoms with Crippen LogP contribution in [0.2, 0.25) is 0 Å². The molecule has 0 atom stereocenters. The molecule has 0 aliphatic heterocycles. The van der Waals surface area contributed by atoms with Crippen LogP contribution < -0.4 is 0 Å². The van der Waals surface area contributed by atoms with Gasteiger partial charge in [-0.2, -0.15) is 0 Å². The van der Waals surface area contributed by atoms with Gasteiger partial charge < -0.3 is 0 Å². The van der Waals surface area contributed by atoms with Gasteiger partial charge in [-0.1, -0.05) is 37.0 Å². The van der Waals surface area contributed by atoms with Crippen molar-refractivity contribution in [1.29, 1.82) is 0 Å². The first-order chi connectivity index (χ1) is 4.62. The molecule has 0 fully saturated rings. The lowest BCUT2D eigenvalue weighted by Gasteiger charge is -2.20. The Labute approximate surface area is 74.0 Å². The molecule has 0 aromatic carbocycles. The van der Waals surface area contributed by atoms with Gasteiger partial charge in [-0.05, 0) is 20.3 Å². The highest BCUT2D eigenvalue weighted by molar-refractivity contribution is 8.69. The lowest BCUT2D eigenvalue weighted by molar-refractivity contribution is 0.576. The summed E-state index contributed by atoms with van der Waals surface area (Å²) in [5.41, 5.74) is 0. The first-order valence-corrected chi connectivity index (χ1v) is 5.82. The van der Waals surface area contributed by atoms with E-state index in [1.165, 1.54) is 25.7 Å². The summed E-state index contributed by atoms with van der Waals surface area (Å²) in [4.78, 5) is 0. The maximum atomic E-state index is 4.22. The second-order valence-electron chi connectivity index (χ2n) is 3.31. The van der Waals surface area contributed by atoms with Gasteiger partial charge in [0.15, 0.2) is 0 Å². The van der Waals surface area contributed by atoms with Gasteiger partial charge in [-0.25, -0.2) is 0 Å². The standard InChI is InChI=1S/C8H18S2/c1-4-5-6-7-8(2,3)10-9/h9H,4-7H2,1-3H3. The van der Waals surface area contributed by atoms with Crippen LogP contribution in [0.25, 0.3) is 0 Å². The molecule has 0 nitrogen and oxygen atoms in total. The molecule has 0 saturated heterocycles. The third-order valence-corrected chi connectivity index (χ3v) is 3.81. The highest BCUT2D eigenvalue weighted by atomic mass is 33.1. The minimum Gasteiger partial charge on any atom is -0.111 e. The van der Waals surface area contributed by atoms with Crippen LogP contribution in [0.15, 0.2) is 0 Å². The molecule has 0 unspecified atom stereocenters. The summed E-state index contributed by atoms with van der Waals surface area (Å²) in [7, 11) is 1.67. The second kappa shape index (κ2) is 5.36. The lowest BCUT2D eigenvalue weighted by Crippen LogP contribution is -2.11. The number of unbranched alkanes of at least 4 members (excludes halogenated alkanes) is 2. The average Bonchev–Trinajstić information content (AvgIpc) is 1.89. The van der Waals surface area contributed by atoms with Crippen molar-refractivity contribution < 1.29 is 0 Å². The van der Waals surface area contributed by atoms with Gasteiger partial charge >= 0.3 is 0 Å². The lowest BCUT2D eigenvalue weighted by atomic mass is 10.0. The predicted molar refractivity (Wildman–Crippen MR) is 54.8 cm³/mol. The minimum absolute atomic E-state index is 0.373. The van der Waals surface area contributed by atoms with Crippen molar-refractivity contribution in [1.82, 2.24) is 0 Å². The SMILES string of the molecule is CCCCCC(C)(C)SS. The topological polar surface area (TPSA) is 0 Å². The summed E-state index contributed by atoms with van der Waals surface area (Å²) in [5, 5.41) is 0. The van der Waals surface area contributed by atoms with Gasteiger partial charge in [0.2, 0.25) is 0 Å². The van der Waals surface area contributed by atoms with Crippen LogP contribution in [0, 0.1) is 0 Å². The number of thiol groups is 1. The van der Waals surface area contributed by atoms with Crippen LogP contribution in [0.5, 0.6) is 0 Å². The molecule has 0 saturated carbocycles. The van der Waals surface area contributed by atoms with E-state index in [-0.39, 0.29) is 0 Å². The summed E-state index contributed by atoms with van der Waals surface area (Å²) < 4.78 is 0.373. The zero-order valence-electron chi connectivity index (χ0n) is 7.18. The van der Waals surface area contributed by atoms with Crippen molar-refractivity contribution in [3.05, 3.63) is 0 Å². The molecule has 62 valence electrons. The molecular weight excluding hydrogens is 160 g/mol. The summed E-state index contributed by atoms with van der Waals surface area (Å²) in [6.45, 7) is 6.74. The van der Waals surface area contributed by atoms with Crippen molar-refractivity contribution in [2.24, 2.45) is 0 Å². The molecule has 10 heavy (non-hydrogen) atoms. The first-order valence-electron chi connectivity index (χ1n) is 3.95. The van der Waals surface area contributed by atoms with Crippen LogP contribution in [0.1, 0.15) is 46.5 Å². The molecule has 2 heteroatoms. The van der Waals surface area contributed by atoms with E-state index in [0.29, 0.717) is 4.75 Å². The minimum atomic E-state index is 0.373. The molecule has 0 spiro atoms. The Balaban J connectivity index is 3.28. The fourth-order valence-corrected chi connectivity index (χ4v) is 1.36. The summed E-state index contributed by atoms with van der Waals surface area (Å²) in [5.74, 6) is 0. The van der Waals surface area contributed by atoms with Crippen molar-refractivity contribution in [2.75, 3.05) is 0 Å². The Bertz CT molecular complexity index is 79.3. The van der Waals surface area contributed by atoms with E-state index in [2.05, 4.69) is 32.4 Å². The largest absolute Gasteiger partial charge is 0.111 e. The van der Waals surface area contributed by atoms with Crippen molar-refractivity contribution in [3.8, 4) is 0 Å². The highest BCUT2D eigenvalue weighted by Crippen LogP contribution is 2.32. The number of hydrogen-bond acceptors (Lipinski definition) is 2. The summed E-state index contributed by atoms with van der Waals surface area (Å²) in [6, 6.07) is 0. The van der Waals surface area contributed by atoms with E-state index in [1.54, 1.807) is 10.8 Å². The third kappa shape index (κ3) is 5.48. The van der Waals surface area contributed by atoms with Crippen LogP contribution in [0.3, 0.4) is 0 Å². The van der Waals surface area contributed by atoms with Gasteiger partial charge in [-0.3, -0.25) is 0 Å². The van der Waals surface area contributed by atoms with E-state index in [1.807, 2.05) is 0 Å². The summed E-state index contributed by atoms with van der Waals surface area (Å²) in [6.07, 6.45) is 5.30. The normalized spacial score (nSPS) is 12.0. The Morgan fingerprint density at radius 3 is 2.30 bits per heavy atom. The zero-order chi connectivity index (χ0) is 8.04. The number of rotatable bonds is 5. The maximum absolute atomic E-state index is 4.22. The fraction of sp³-hybridized carbons (Fsp3) is 1.00. The van der Waals surface area contributed by atoms with Crippen molar-refractivity contribution >= 4 is 22.5 Å². The van der Waals surface area contributed by atoms with Gasteiger partial charge in [0, 0.05) is 4.75 Å². The molecule has 0 aliphatic carbocycles. The average molecular weight is 178 g/mol. The predicted octanol–water partition coefficient (Wildman–Crippen LogP) is 3.92.